The summed E-state index contributed by atoms with van der Waals surface area (Å²) in [5.41, 5.74) is 9.26. The molecule has 1 aromatic heterocycles. The third-order valence-electron chi connectivity index (χ3n) is 6.69. The molecule has 4 fully saturated rings. The topological polar surface area (TPSA) is 43.8 Å². The summed E-state index contributed by atoms with van der Waals surface area (Å²) in [4.78, 5) is 0. The number of aryl methyl sites for hydroxylation is 1. The molecule has 3 nitrogen and oxygen atoms in total. The lowest BCUT2D eigenvalue weighted by molar-refractivity contribution is -0.0351. The molecular formula is C17H25N3. The average Bonchev–Trinajstić information content (AvgIpc) is 2.83. The zero-order valence-corrected chi connectivity index (χ0v) is 12.2. The van der Waals surface area contributed by atoms with Gasteiger partial charge in [-0.2, -0.15) is 5.10 Å². The number of aromatic nitrogens is 2. The second-order valence-electron chi connectivity index (χ2n) is 7.92. The summed E-state index contributed by atoms with van der Waals surface area (Å²) >= 11 is 0. The molecule has 5 aliphatic rings. The Morgan fingerprint density at radius 3 is 2.45 bits per heavy atom. The van der Waals surface area contributed by atoms with E-state index in [1.54, 1.807) is 0 Å². The molecule has 5 aliphatic carbocycles. The summed E-state index contributed by atoms with van der Waals surface area (Å²) in [6.07, 6.45) is 13.1. The minimum absolute atomic E-state index is 0.235. The number of nitrogens with zero attached hydrogens (tertiary/aromatic N) is 2. The number of rotatable bonds is 1. The van der Waals surface area contributed by atoms with E-state index in [1.165, 1.54) is 56.2 Å². The quantitative estimate of drug-likeness (QED) is 0.852. The first-order chi connectivity index (χ1) is 9.79. The van der Waals surface area contributed by atoms with E-state index >= 15 is 0 Å². The second-order valence-corrected chi connectivity index (χ2v) is 7.92. The lowest BCUT2D eigenvalue weighted by Gasteiger charge is -2.54. The van der Waals surface area contributed by atoms with Crippen molar-refractivity contribution < 1.29 is 0 Å². The maximum atomic E-state index is 6.42. The molecule has 0 aliphatic heterocycles. The Labute approximate surface area is 120 Å². The van der Waals surface area contributed by atoms with Crippen LogP contribution in [0.2, 0.25) is 0 Å². The molecule has 3 heteroatoms. The number of fused-ring (bicyclic) bond motifs is 1. The third-order valence-corrected chi connectivity index (χ3v) is 6.69. The molecule has 1 heterocycles. The summed E-state index contributed by atoms with van der Waals surface area (Å²) in [7, 11) is 0. The van der Waals surface area contributed by atoms with Gasteiger partial charge in [-0.15, -0.1) is 0 Å². The van der Waals surface area contributed by atoms with Gasteiger partial charge in [0.05, 0.1) is 17.9 Å². The average molecular weight is 271 g/mol. The number of hydrogen-bond donors (Lipinski definition) is 1. The van der Waals surface area contributed by atoms with Crippen molar-refractivity contribution in [3.63, 3.8) is 0 Å². The molecule has 0 radical (unpaired) electrons. The molecule has 0 saturated heterocycles. The maximum Gasteiger partial charge on any atom is 0.0586 e. The van der Waals surface area contributed by atoms with Crippen LogP contribution in [0.15, 0.2) is 6.20 Å². The first-order valence-corrected chi connectivity index (χ1v) is 8.61. The summed E-state index contributed by atoms with van der Waals surface area (Å²) < 4.78 is 2.41. The molecular weight excluding hydrogens is 246 g/mol. The second kappa shape index (κ2) is 4.09. The van der Waals surface area contributed by atoms with E-state index < -0.39 is 0 Å². The van der Waals surface area contributed by atoms with Gasteiger partial charge in [0.2, 0.25) is 0 Å². The summed E-state index contributed by atoms with van der Waals surface area (Å²) in [5, 5.41) is 4.83. The van der Waals surface area contributed by atoms with E-state index in [2.05, 4.69) is 10.9 Å². The zero-order valence-electron chi connectivity index (χ0n) is 12.2. The fraction of sp³-hybridized carbons (Fsp3) is 0.824. The van der Waals surface area contributed by atoms with E-state index in [0.29, 0.717) is 6.04 Å². The Hall–Kier alpha value is -0.830. The van der Waals surface area contributed by atoms with Gasteiger partial charge in [0.15, 0.2) is 0 Å². The Kier molecular flexibility index (Phi) is 2.41. The van der Waals surface area contributed by atoms with E-state index in [1.807, 2.05) is 0 Å². The first-order valence-electron chi connectivity index (χ1n) is 8.61. The zero-order chi connectivity index (χ0) is 13.3. The summed E-state index contributed by atoms with van der Waals surface area (Å²) in [6, 6.07) is 0.911. The molecule has 0 aromatic carbocycles. The van der Waals surface area contributed by atoms with Crippen molar-refractivity contribution in [3.8, 4) is 0 Å². The predicted molar refractivity (Wildman–Crippen MR) is 78.2 cm³/mol. The predicted octanol–water partition coefficient (Wildman–Crippen LogP) is 3.22. The summed E-state index contributed by atoms with van der Waals surface area (Å²) in [5.74, 6) is 3.86. The SMILES string of the molecule is NC1CCCc2cnn(C3C4CC5CC(C4)CC3C5)c21. The van der Waals surface area contributed by atoms with E-state index in [4.69, 9.17) is 10.8 Å². The van der Waals surface area contributed by atoms with Crippen LogP contribution in [-0.2, 0) is 6.42 Å². The minimum Gasteiger partial charge on any atom is -0.323 e. The number of nitrogens with two attached hydrogens (primary N) is 1. The van der Waals surface area contributed by atoms with Crippen molar-refractivity contribution in [3.05, 3.63) is 17.5 Å². The molecule has 4 bridgehead atoms. The van der Waals surface area contributed by atoms with Crippen LogP contribution in [-0.4, -0.2) is 9.78 Å². The molecule has 6 rings (SSSR count). The molecule has 0 amide bonds. The van der Waals surface area contributed by atoms with Gasteiger partial charge in [-0.25, -0.2) is 0 Å². The van der Waals surface area contributed by atoms with E-state index in [9.17, 15) is 0 Å². The van der Waals surface area contributed by atoms with E-state index in [-0.39, 0.29) is 6.04 Å². The summed E-state index contributed by atoms with van der Waals surface area (Å²) in [6.45, 7) is 0. The number of hydrogen-bond acceptors (Lipinski definition) is 2. The third kappa shape index (κ3) is 1.53. The Morgan fingerprint density at radius 2 is 1.75 bits per heavy atom. The monoisotopic (exact) mass is 271 g/mol. The Morgan fingerprint density at radius 1 is 1.05 bits per heavy atom. The van der Waals surface area contributed by atoms with Crippen molar-refractivity contribution in [2.45, 2.75) is 63.5 Å². The lowest BCUT2D eigenvalue weighted by Crippen LogP contribution is -2.46. The van der Waals surface area contributed by atoms with Crippen LogP contribution < -0.4 is 5.73 Å². The van der Waals surface area contributed by atoms with Gasteiger partial charge >= 0.3 is 0 Å². The van der Waals surface area contributed by atoms with Crippen LogP contribution in [0.25, 0.3) is 0 Å². The Bertz CT molecular complexity index is 504. The lowest BCUT2D eigenvalue weighted by atomic mass is 9.54. The fourth-order valence-corrected chi connectivity index (χ4v) is 6.19. The molecule has 1 unspecified atom stereocenters. The molecule has 2 N–H and O–H groups in total. The maximum absolute atomic E-state index is 6.42. The minimum atomic E-state index is 0.235. The molecule has 1 atom stereocenters. The molecule has 0 spiro atoms. The molecule has 20 heavy (non-hydrogen) atoms. The highest BCUT2D eigenvalue weighted by Crippen LogP contribution is 2.58. The van der Waals surface area contributed by atoms with Gasteiger partial charge in [0, 0.05) is 6.04 Å². The van der Waals surface area contributed by atoms with Crippen molar-refractivity contribution >= 4 is 0 Å². The van der Waals surface area contributed by atoms with Crippen LogP contribution in [0.5, 0.6) is 0 Å². The van der Waals surface area contributed by atoms with Gasteiger partial charge in [0.25, 0.3) is 0 Å². The van der Waals surface area contributed by atoms with Crippen LogP contribution in [0.1, 0.15) is 68.3 Å². The standard InChI is InChI=1S/C17H25N3/c18-15-3-1-2-12-9-19-20(17(12)15)16-13-5-10-4-11(7-13)8-14(16)6-10/h9-11,13-16H,1-8,18H2. The van der Waals surface area contributed by atoms with Crippen LogP contribution in [0.3, 0.4) is 0 Å². The highest BCUT2D eigenvalue weighted by molar-refractivity contribution is 5.25. The van der Waals surface area contributed by atoms with Crippen LogP contribution >= 0.6 is 0 Å². The van der Waals surface area contributed by atoms with Crippen molar-refractivity contribution in [2.75, 3.05) is 0 Å². The molecule has 4 saturated carbocycles. The van der Waals surface area contributed by atoms with Gasteiger partial charge in [-0.1, -0.05) is 0 Å². The Balaban J connectivity index is 1.56. The molecule has 1 aromatic rings. The first kappa shape index (κ1) is 11.8. The fourth-order valence-electron chi connectivity index (χ4n) is 6.19. The normalized spacial score (nSPS) is 45.6. The van der Waals surface area contributed by atoms with Crippen LogP contribution in [0.4, 0.5) is 0 Å². The smallest absolute Gasteiger partial charge is 0.0586 e. The molecule has 108 valence electrons. The highest BCUT2D eigenvalue weighted by Gasteiger charge is 2.50. The van der Waals surface area contributed by atoms with Crippen molar-refractivity contribution in [1.82, 2.24) is 9.78 Å². The van der Waals surface area contributed by atoms with Gasteiger partial charge in [-0.05, 0) is 80.6 Å². The van der Waals surface area contributed by atoms with Gasteiger partial charge in [-0.3, -0.25) is 4.68 Å². The van der Waals surface area contributed by atoms with Crippen molar-refractivity contribution in [1.29, 1.82) is 0 Å². The van der Waals surface area contributed by atoms with E-state index in [0.717, 1.165) is 30.1 Å². The largest absolute Gasteiger partial charge is 0.323 e. The highest BCUT2D eigenvalue weighted by atomic mass is 15.3. The van der Waals surface area contributed by atoms with Crippen LogP contribution in [0, 0.1) is 23.7 Å². The van der Waals surface area contributed by atoms with Crippen molar-refractivity contribution in [2.24, 2.45) is 29.4 Å². The van der Waals surface area contributed by atoms with Gasteiger partial charge in [0.1, 0.15) is 0 Å². The van der Waals surface area contributed by atoms with Gasteiger partial charge < -0.3 is 5.73 Å².